The Balaban J connectivity index is 0.00000288. The van der Waals surface area contributed by atoms with E-state index in [2.05, 4.69) is 10.6 Å². The summed E-state index contributed by atoms with van der Waals surface area (Å²) in [6, 6.07) is 9.27. The minimum absolute atomic E-state index is 0. The second-order valence-corrected chi connectivity index (χ2v) is 6.21. The second-order valence-electron chi connectivity index (χ2n) is 6.21. The number of carbonyl (C=O) groups is 2. The average molecular weight is 355 g/mol. The van der Waals surface area contributed by atoms with E-state index in [1.54, 1.807) is 4.90 Å². The quantitative estimate of drug-likeness (QED) is 0.774. The molecule has 1 fully saturated rings. The lowest BCUT2D eigenvalue weighted by Crippen LogP contribution is -2.50. The third-order valence-corrected chi connectivity index (χ3v) is 4.36. The Morgan fingerprint density at radius 1 is 1.17 bits per heavy atom. The van der Waals surface area contributed by atoms with Gasteiger partial charge in [-0.2, -0.15) is 0 Å². The maximum atomic E-state index is 12.2. The fourth-order valence-electron chi connectivity index (χ4n) is 2.52. The highest BCUT2D eigenvalue weighted by Gasteiger charge is 2.26. The van der Waals surface area contributed by atoms with Gasteiger partial charge in [0, 0.05) is 36.8 Å². The summed E-state index contributed by atoms with van der Waals surface area (Å²) in [6.07, 6.45) is 1.53. The number of piperidine rings is 1. The van der Waals surface area contributed by atoms with Crippen LogP contribution in [-0.4, -0.2) is 42.0 Å². The number of urea groups is 1. The lowest BCUT2D eigenvalue weighted by molar-refractivity contribution is -0.125. The Bertz CT molecular complexity index is 531. The fourth-order valence-corrected chi connectivity index (χ4v) is 2.52. The lowest BCUT2D eigenvalue weighted by atomic mass is 10.0. The Morgan fingerprint density at radius 2 is 1.75 bits per heavy atom. The Morgan fingerprint density at radius 3 is 2.29 bits per heavy atom. The molecule has 0 aliphatic carbocycles. The Hall–Kier alpha value is -1.79. The molecular formula is C17H27ClN4O2. The monoisotopic (exact) mass is 354 g/mol. The summed E-state index contributed by atoms with van der Waals surface area (Å²) >= 11 is 0. The highest BCUT2D eigenvalue weighted by molar-refractivity contribution is 5.89. The number of benzene rings is 1. The molecule has 0 spiro atoms. The van der Waals surface area contributed by atoms with Crippen molar-refractivity contribution in [3.63, 3.8) is 0 Å². The molecule has 1 aromatic rings. The van der Waals surface area contributed by atoms with Crippen molar-refractivity contribution in [3.05, 3.63) is 30.3 Å². The van der Waals surface area contributed by atoms with Crippen LogP contribution in [0.2, 0.25) is 0 Å². The van der Waals surface area contributed by atoms with Gasteiger partial charge in [0.25, 0.3) is 0 Å². The zero-order valence-electron chi connectivity index (χ0n) is 14.2. The van der Waals surface area contributed by atoms with Crippen molar-refractivity contribution in [2.75, 3.05) is 18.4 Å². The molecule has 1 aromatic carbocycles. The van der Waals surface area contributed by atoms with Gasteiger partial charge in [-0.3, -0.25) is 4.79 Å². The van der Waals surface area contributed by atoms with E-state index in [1.807, 2.05) is 44.2 Å². The van der Waals surface area contributed by atoms with Crippen LogP contribution >= 0.6 is 12.4 Å². The van der Waals surface area contributed by atoms with Crippen LogP contribution < -0.4 is 16.4 Å². The summed E-state index contributed by atoms with van der Waals surface area (Å²) in [5.41, 5.74) is 6.55. The summed E-state index contributed by atoms with van der Waals surface area (Å²) < 4.78 is 0. The van der Waals surface area contributed by atoms with Gasteiger partial charge in [-0.05, 0) is 31.9 Å². The number of carbonyl (C=O) groups excluding carboxylic acids is 2. The molecule has 0 bridgehead atoms. The van der Waals surface area contributed by atoms with Crippen molar-refractivity contribution in [2.45, 2.75) is 38.8 Å². The summed E-state index contributed by atoms with van der Waals surface area (Å²) in [5, 5.41) is 5.92. The predicted molar refractivity (Wildman–Crippen MR) is 98.3 cm³/mol. The van der Waals surface area contributed by atoms with Crippen LogP contribution in [0.25, 0.3) is 0 Å². The molecule has 0 saturated carbocycles. The number of anilines is 1. The minimum Gasteiger partial charge on any atom is -0.353 e. The van der Waals surface area contributed by atoms with Crippen molar-refractivity contribution >= 4 is 30.0 Å². The van der Waals surface area contributed by atoms with E-state index in [-0.39, 0.29) is 42.3 Å². The third kappa shape index (κ3) is 5.69. The molecule has 1 saturated heterocycles. The molecule has 2 rings (SSSR count). The first kappa shape index (κ1) is 20.3. The molecule has 7 heteroatoms. The topological polar surface area (TPSA) is 87.5 Å². The van der Waals surface area contributed by atoms with E-state index >= 15 is 0 Å². The third-order valence-electron chi connectivity index (χ3n) is 4.36. The number of hydrogen-bond donors (Lipinski definition) is 3. The number of rotatable bonds is 4. The second kappa shape index (κ2) is 9.49. The molecule has 3 amide bonds. The lowest BCUT2D eigenvalue weighted by Gasteiger charge is -2.33. The molecule has 1 aliphatic rings. The number of likely N-dealkylation sites (tertiary alicyclic amines) is 1. The van der Waals surface area contributed by atoms with Gasteiger partial charge in [0.05, 0.1) is 0 Å². The Kier molecular flexibility index (Phi) is 8.01. The fraction of sp³-hybridized carbons (Fsp3) is 0.529. The van der Waals surface area contributed by atoms with E-state index < -0.39 is 0 Å². The number of halogens is 1. The van der Waals surface area contributed by atoms with Gasteiger partial charge in [-0.25, -0.2) is 4.79 Å². The van der Waals surface area contributed by atoms with Crippen LogP contribution in [0.3, 0.4) is 0 Å². The normalized spacial score (nSPS) is 17.4. The molecule has 0 aromatic heterocycles. The van der Waals surface area contributed by atoms with Gasteiger partial charge in [0.1, 0.15) is 0 Å². The standard InChI is InChI=1S/C17H26N4O2.ClH/c1-12(13(2)18)16(22)19-15-8-10-21(11-9-15)17(23)20-14-6-4-3-5-7-14;/h3-7,12-13,15H,8-11,18H2,1-2H3,(H,19,22)(H,20,23);1H. The average Bonchev–Trinajstić information content (AvgIpc) is 2.55. The van der Waals surface area contributed by atoms with Gasteiger partial charge < -0.3 is 21.3 Å². The van der Waals surface area contributed by atoms with E-state index in [0.717, 1.165) is 18.5 Å². The zero-order chi connectivity index (χ0) is 16.8. The van der Waals surface area contributed by atoms with Crippen molar-refractivity contribution in [3.8, 4) is 0 Å². The van der Waals surface area contributed by atoms with Crippen molar-refractivity contribution < 1.29 is 9.59 Å². The molecule has 2 atom stereocenters. The SMILES string of the molecule is CC(N)C(C)C(=O)NC1CCN(C(=O)Nc2ccccc2)CC1.Cl. The molecule has 1 heterocycles. The minimum atomic E-state index is -0.200. The van der Waals surface area contributed by atoms with Gasteiger partial charge in [-0.15, -0.1) is 12.4 Å². The molecule has 4 N–H and O–H groups in total. The number of nitrogens with two attached hydrogens (primary N) is 1. The number of nitrogens with zero attached hydrogens (tertiary/aromatic N) is 1. The van der Waals surface area contributed by atoms with Crippen LogP contribution in [0.5, 0.6) is 0 Å². The van der Waals surface area contributed by atoms with Crippen LogP contribution in [0.1, 0.15) is 26.7 Å². The maximum Gasteiger partial charge on any atom is 0.321 e. The summed E-state index contributed by atoms with van der Waals surface area (Å²) in [4.78, 5) is 26.0. The number of nitrogens with one attached hydrogen (secondary N) is 2. The van der Waals surface area contributed by atoms with E-state index in [9.17, 15) is 9.59 Å². The molecular weight excluding hydrogens is 328 g/mol. The van der Waals surface area contributed by atoms with Gasteiger partial charge in [-0.1, -0.05) is 25.1 Å². The van der Waals surface area contributed by atoms with Gasteiger partial charge in [0.2, 0.25) is 5.91 Å². The van der Waals surface area contributed by atoms with Crippen LogP contribution in [0.15, 0.2) is 30.3 Å². The summed E-state index contributed by atoms with van der Waals surface area (Å²) in [6.45, 7) is 4.94. The van der Waals surface area contributed by atoms with Crippen molar-refractivity contribution in [2.24, 2.45) is 11.7 Å². The first-order valence-electron chi connectivity index (χ1n) is 8.14. The Labute approximate surface area is 149 Å². The molecule has 1 aliphatic heterocycles. The van der Waals surface area contributed by atoms with Crippen molar-refractivity contribution in [1.82, 2.24) is 10.2 Å². The highest BCUT2D eigenvalue weighted by atomic mass is 35.5. The number of amides is 3. The smallest absolute Gasteiger partial charge is 0.321 e. The van der Waals surface area contributed by atoms with Crippen LogP contribution in [0, 0.1) is 5.92 Å². The number of para-hydroxylation sites is 1. The largest absolute Gasteiger partial charge is 0.353 e. The van der Waals surface area contributed by atoms with Crippen molar-refractivity contribution in [1.29, 1.82) is 0 Å². The van der Waals surface area contributed by atoms with E-state index in [4.69, 9.17) is 5.73 Å². The zero-order valence-corrected chi connectivity index (χ0v) is 15.0. The molecule has 24 heavy (non-hydrogen) atoms. The molecule has 134 valence electrons. The van der Waals surface area contributed by atoms with Gasteiger partial charge >= 0.3 is 6.03 Å². The first-order chi connectivity index (χ1) is 11.0. The molecule has 2 unspecified atom stereocenters. The highest BCUT2D eigenvalue weighted by Crippen LogP contribution is 2.14. The summed E-state index contributed by atoms with van der Waals surface area (Å²) in [7, 11) is 0. The van der Waals surface area contributed by atoms with E-state index in [1.165, 1.54) is 0 Å². The summed E-state index contributed by atoms with van der Waals surface area (Å²) in [5.74, 6) is -0.207. The van der Waals surface area contributed by atoms with Crippen LogP contribution in [0.4, 0.5) is 10.5 Å². The maximum absolute atomic E-state index is 12.2. The number of hydrogen-bond acceptors (Lipinski definition) is 3. The predicted octanol–water partition coefficient (Wildman–Crippen LogP) is 2.20. The first-order valence-corrected chi connectivity index (χ1v) is 8.14. The molecule has 0 radical (unpaired) electrons. The molecule has 6 nitrogen and oxygen atoms in total. The van der Waals surface area contributed by atoms with E-state index in [0.29, 0.717) is 13.1 Å². The van der Waals surface area contributed by atoms with Gasteiger partial charge in [0.15, 0.2) is 0 Å². The van der Waals surface area contributed by atoms with Crippen LogP contribution in [-0.2, 0) is 4.79 Å².